The highest BCUT2D eigenvalue weighted by molar-refractivity contribution is 14.1. The molecule has 0 amide bonds. The van der Waals surface area contributed by atoms with Gasteiger partial charge in [-0.1, -0.05) is 59.0 Å². The molecule has 0 saturated carbocycles. The highest BCUT2D eigenvalue weighted by Gasteiger charge is 2.21. The van der Waals surface area contributed by atoms with Crippen LogP contribution in [0.1, 0.15) is 27.2 Å². The Hall–Kier alpha value is -0.650. The zero-order valence-corrected chi connectivity index (χ0v) is 14.5. The number of hydrogen-bond acceptors (Lipinski definition) is 1. The van der Waals surface area contributed by atoms with Gasteiger partial charge in [-0.3, -0.25) is 5.32 Å². The van der Waals surface area contributed by atoms with Crippen LogP contribution in [0.3, 0.4) is 0 Å². The smallest absolute Gasteiger partial charge is 0.123 e. The van der Waals surface area contributed by atoms with E-state index in [0.717, 1.165) is 19.3 Å². The van der Waals surface area contributed by atoms with Crippen molar-refractivity contribution in [2.45, 2.75) is 29.4 Å². The molecule has 1 aliphatic rings. The zero-order valence-electron chi connectivity index (χ0n) is 11.6. The second kappa shape index (κ2) is 7.56. The van der Waals surface area contributed by atoms with E-state index in [0.29, 0.717) is 10.1 Å². The summed E-state index contributed by atoms with van der Waals surface area (Å²) in [5, 5.41) is 3.68. The molecule has 2 aromatic carbocycles. The average molecular weight is 418 g/mol. The molecule has 0 saturated heterocycles. The van der Waals surface area contributed by atoms with Gasteiger partial charge in [0.2, 0.25) is 0 Å². The summed E-state index contributed by atoms with van der Waals surface area (Å²) in [6.45, 7) is 0. The minimum atomic E-state index is -0.119. The van der Waals surface area contributed by atoms with Crippen LogP contribution in [0.25, 0.3) is 0 Å². The molecular formula is C17H18ClFIN. The number of fused-ring (bicyclic) bond motifs is 1. The Balaban J connectivity index is 0.00000161. The molecule has 0 aromatic heterocycles. The first-order valence-corrected chi connectivity index (χ1v) is 8.19. The van der Waals surface area contributed by atoms with Crippen molar-refractivity contribution in [2.24, 2.45) is 0 Å². The van der Waals surface area contributed by atoms with E-state index in [1.54, 1.807) is 12.1 Å². The Labute approximate surface area is 144 Å². The SMILES string of the molecule is Cl.Fc1ccc2c(c1)CCC(NC(I)c1ccccc1)C2. The normalized spacial score (nSPS) is 18.5. The Morgan fingerprint density at radius 1 is 1.10 bits per heavy atom. The zero-order chi connectivity index (χ0) is 13.9. The van der Waals surface area contributed by atoms with Crippen LogP contribution in [-0.2, 0) is 12.8 Å². The number of halogens is 3. The van der Waals surface area contributed by atoms with Crippen LogP contribution >= 0.6 is 35.0 Å². The minimum absolute atomic E-state index is 0. The van der Waals surface area contributed by atoms with E-state index in [9.17, 15) is 4.39 Å². The van der Waals surface area contributed by atoms with E-state index in [1.807, 2.05) is 12.1 Å². The molecule has 0 fully saturated rings. The van der Waals surface area contributed by atoms with Crippen molar-refractivity contribution in [3.05, 3.63) is 71.0 Å². The first-order chi connectivity index (χ1) is 9.72. The van der Waals surface area contributed by atoms with Crippen LogP contribution in [0, 0.1) is 5.82 Å². The summed E-state index contributed by atoms with van der Waals surface area (Å²) in [5.41, 5.74) is 3.76. The van der Waals surface area contributed by atoms with E-state index in [2.05, 4.69) is 52.2 Å². The van der Waals surface area contributed by atoms with Gasteiger partial charge in [0.1, 0.15) is 5.82 Å². The monoisotopic (exact) mass is 417 g/mol. The Kier molecular flexibility index (Phi) is 6.02. The molecule has 3 rings (SSSR count). The second-order valence-electron chi connectivity index (χ2n) is 5.29. The van der Waals surface area contributed by atoms with Gasteiger partial charge in [-0.2, -0.15) is 0 Å². The van der Waals surface area contributed by atoms with Crippen molar-refractivity contribution in [3.63, 3.8) is 0 Å². The molecule has 0 radical (unpaired) electrons. The minimum Gasteiger partial charge on any atom is -0.299 e. The van der Waals surface area contributed by atoms with Crippen LogP contribution < -0.4 is 5.32 Å². The summed E-state index contributed by atoms with van der Waals surface area (Å²) < 4.78 is 13.5. The second-order valence-corrected chi connectivity index (χ2v) is 6.54. The van der Waals surface area contributed by atoms with Crippen LogP contribution in [0.2, 0.25) is 0 Å². The lowest BCUT2D eigenvalue weighted by Gasteiger charge is -2.28. The first kappa shape index (κ1) is 16.7. The Bertz CT molecular complexity index is 591. The first-order valence-electron chi connectivity index (χ1n) is 6.95. The predicted molar refractivity (Wildman–Crippen MR) is 95.8 cm³/mol. The number of alkyl halides is 1. The van der Waals surface area contributed by atoms with Gasteiger partial charge in [-0.05, 0) is 48.1 Å². The highest BCUT2D eigenvalue weighted by atomic mass is 127. The van der Waals surface area contributed by atoms with Crippen molar-refractivity contribution >= 4 is 35.0 Å². The molecule has 112 valence electrons. The van der Waals surface area contributed by atoms with Gasteiger partial charge >= 0.3 is 0 Å². The molecule has 0 heterocycles. The molecule has 2 unspecified atom stereocenters. The van der Waals surface area contributed by atoms with Crippen LogP contribution in [0.5, 0.6) is 0 Å². The molecule has 0 bridgehead atoms. The number of nitrogens with one attached hydrogen (secondary N) is 1. The Morgan fingerprint density at radius 2 is 1.86 bits per heavy atom. The van der Waals surface area contributed by atoms with Crippen LogP contribution in [0.4, 0.5) is 4.39 Å². The van der Waals surface area contributed by atoms with E-state index in [1.165, 1.54) is 16.7 Å². The third kappa shape index (κ3) is 4.18. The number of benzene rings is 2. The lowest BCUT2D eigenvalue weighted by atomic mass is 9.88. The summed E-state index contributed by atoms with van der Waals surface area (Å²) >= 11 is 2.44. The van der Waals surface area contributed by atoms with E-state index >= 15 is 0 Å². The molecule has 1 nitrogen and oxygen atoms in total. The van der Waals surface area contributed by atoms with Gasteiger partial charge in [0, 0.05) is 6.04 Å². The number of hydrogen-bond donors (Lipinski definition) is 1. The largest absolute Gasteiger partial charge is 0.299 e. The number of aryl methyl sites for hydroxylation is 1. The third-order valence-electron chi connectivity index (χ3n) is 3.87. The third-order valence-corrected chi connectivity index (χ3v) is 4.95. The maximum atomic E-state index is 13.2. The van der Waals surface area contributed by atoms with E-state index in [4.69, 9.17) is 0 Å². The van der Waals surface area contributed by atoms with Crippen molar-refractivity contribution in [3.8, 4) is 0 Å². The molecule has 2 aromatic rings. The van der Waals surface area contributed by atoms with Gasteiger partial charge in [-0.25, -0.2) is 4.39 Å². The van der Waals surface area contributed by atoms with Crippen molar-refractivity contribution < 1.29 is 4.39 Å². The van der Waals surface area contributed by atoms with Gasteiger partial charge in [0.15, 0.2) is 0 Å². The maximum Gasteiger partial charge on any atom is 0.123 e. The molecule has 4 heteroatoms. The van der Waals surface area contributed by atoms with E-state index < -0.39 is 0 Å². The standard InChI is InChI=1S/C17H17FIN.ClH/c18-15-8-6-14-11-16(9-7-13(14)10-15)20-17(19)12-4-2-1-3-5-12;/h1-6,8,10,16-17,20H,7,9,11H2;1H. The summed E-state index contributed by atoms with van der Waals surface area (Å²) in [4.78, 5) is 0. The van der Waals surface area contributed by atoms with Crippen molar-refractivity contribution in [2.75, 3.05) is 0 Å². The fourth-order valence-corrected chi connectivity index (χ4v) is 3.71. The summed E-state index contributed by atoms with van der Waals surface area (Å²) in [6.07, 6.45) is 3.02. The maximum absolute atomic E-state index is 13.2. The van der Waals surface area contributed by atoms with Gasteiger partial charge in [-0.15, -0.1) is 12.4 Å². The fourth-order valence-electron chi connectivity index (χ4n) is 2.79. The molecule has 2 atom stereocenters. The van der Waals surface area contributed by atoms with Crippen molar-refractivity contribution in [1.29, 1.82) is 0 Å². The summed E-state index contributed by atoms with van der Waals surface area (Å²) in [7, 11) is 0. The molecule has 21 heavy (non-hydrogen) atoms. The van der Waals surface area contributed by atoms with Crippen LogP contribution in [-0.4, -0.2) is 6.04 Å². The quantitative estimate of drug-likeness (QED) is 0.428. The van der Waals surface area contributed by atoms with Gasteiger partial charge < -0.3 is 0 Å². The van der Waals surface area contributed by atoms with Crippen LogP contribution in [0.15, 0.2) is 48.5 Å². The highest BCUT2D eigenvalue weighted by Crippen LogP contribution is 2.26. The number of rotatable bonds is 3. The Morgan fingerprint density at radius 3 is 2.62 bits per heavy atom. The molecule has 0 spiro atoms. The lowest BCUT2D eigenvalue weighted by Crippen LogP contribution is -2.35. The molecule has 1 N–H and O–H groups in total. The van der Waals surface area contributed by atoms with E-state index in [-0.39, 0.29) is 18.2 Å². The summed E-state index contributed by atoms with van der Waals surface area (Å²) in [5.74, 6) is -0.119. The summed E-state index contributed by atoms with van der Waals surface area (Å²) in [6, 6.07) is 16.1. The average Bonchev–Trinajstić information content (AvgIpc) is 2.48. The fraction of sp³-hybridized carbons (Fsp3) is 0.294. The molecule has 0 aliphatic heterocycles. The topological polar surface area (TPSA) is 12.0 Å². The van der Waals surface area contributed by atoms with Gasteiger partial charge in [0.05, 0.1) is 4.05 Å². The molecular weight excluding hydrogens is 400 g/mol. The van der Waals surface area contributed by atoms with Gasteiger partial charge in [0.25, 0.3) is 0 Å². The predicted octanol–water partition coefficient (Wildman–Crippen LogP) is 4.83. The lowest BCUT2D eigenvalue weighted by molar-refractivity contribution is 0.457. The molecule has 1 aliphatic carbocycles. The van der Waals surface area contributed by atoms with Crippen molar-refractivity contribution in [1.82, 2.24) is 5.32 Å².